The van der Waals surface area contributed by atoms with Gasteiger partial charge in [-0.25, -0.2) is 4.39 Å². The topological polar surface area (TPSA) is 36.7 Å². The van der Waals surface area contributed by atoms with Crippen molar-refractivity contribution in [1.82, 2.24) is 9.80 Å². The fourth-order valence-electron chi connectivity index (χ4n) is 5.52. The molecule has 0 saturated carbocycles. The van der Waals surface area contributed by atoms with Gasteiger partial charge in [-0.3, -0.25) is 4.79 Å². The average Bonchev–Trinajstić information content (AvgIpc) is 3.52. The largest absolute Gasteiger partial charge is 0.459 e. The normalized spacial score (nSPS) is 22.0. The number of rotatable bonds is 6. The Balaban J connectivity index is 1.24. The molecule has 172 valence electrons. The van der Waals surface area contributed by atoms with Gasteiger partial charge in [-0.1, -0.05) is 42.5 Å². The highest BCUT2D eigenvalue weighted by Crippen LogP contribution is 2.35. The Morgan fingerprint density at radius 3 is 2.39 bits per heavy atom. The van der Waals surface area contributed by atoms with Gasteiger partial charge in [0.1, 0.15) is 5.82 Å². The van der Waals surface area contributed by atoms with E-state index in [4.69, 9.17) is 4.42 Å². The maximum absolute atomic E-state index is 13.5. The molecule has 33 heavy (non-hydrogen) atoms. The van der Waals surface area contributed by atoms with Gasteiger partial charge in [-0.05, 0) is 79.6 Å². The molecular formula is C28H31FN2O2. The highest BCUT2D eigenvalue weighted by atomic mass is 19.1. The molecule has 0 aliphatic carbocycles. The smallest absolute Gasteiger partial charge is 0.289 e. The van der Waals surface area contributed by atoms with Gasteiger partial charge in [0.05, 0.1) is 6.26 Å². The van der Waals surface area contributed by atoms with E-state index in [1.807, 2.05) is 17.0 Å². The summed E-state index contributed by atoms with van der Waals surface area (Å²) < 4.78 is 18.9. The zero-order valence-corrected chi connectivity index (χ0v) is 18.9. The molecule has 2 saturated heterocycles. The van der Waals surface area contributed by atoms with Crippen LogP contribution in [0.3, 0.4) is 0 Å². The first kappa shape index (κ1) is 21.9. The summed E-state index contributed by atoms with van der Waals surface area (Å²) in [4.78, 5) is 17.4. The van der Waals surface area contributed by atoms with E-state index in [0.717, 1.165) is 37.5 Å². The lowest BCUT2D eigenvalue weighted by molar-refractivity contribution is 0.0749. The van der Waals surface area contributed by atoms with Gasteiger partial charge in [0, 0.05) is 25.6 Å². The van der Waals surface area contributed by atoms with E-state index in [0.29, 0.717) is 24.8 Å². The van der Waals surface area contributed by atoms with Gasteiger partial charge in [0.15, 0.2) is 5.76 Å². The van der Waals surface area contributed by atoms with Crippen LogP contribution in [0.15, 0.2) is 77.4 Å². The van der Waals surface area contributed by atoms with Crippen molar-refractivity contribution < 1.29 is 13.6 Å². The molecule has 2 aromatic carbocycles. The van der Waals surface area contributed by atoms with Crippen LogP contribution < -0.4 is 0 Å². The van der Waals surface area contributed by atoms with Crippen LogP contribution >= 0.6 is 0 Å². The summed E-state index contributed by atoms with van der Waals surface area (Å²) in [6.07, 6.45) is 5.11. The van der Waals surface area contributed by atoms with Crippen molar-refractivity contribution in [3.8, 4) is 0 Å². The number of nitrogens with zero attached hydrogens (tertiary/aromatic N) is 2. The number of carbonyl (C=O) groups is 1. The van der Waals surface area contributed by atoms with Crippen molar-refractivity contribution in [3.63, 3.8) is 0 Å². The van der Waals surface area contributed by atoms with E-state index >= 15 is 0 Å². The third kappa shape index (κ3) is 5.19. The van der Waals surface area contributed by atoms with E-state index in [1.165, 1.54) is 36.8 Å². The quantitative estimate of drug-likeness (QED) is 0.520. The van der Waals surface area contributed by atoms with E-state index in [2.05, 4.69) is 35.2 Å². The zero-order valence-electron chi connectivity index (χ0n) is 18.9. The third-order valence-electron chi connectivity index (χ3n) is 7.33. The second-order valence-electron chi connectivity index (χ2n) is 9.54. The lowest BCUT2D eigenvalue weighted by Gasteiger charge is -2.34. The Kier molecular flexibility index (Phi) is 6.58. The highest BCUT2D eigenvalue weighted by Gasteiger charge is 2.38. The Hall–Kier alpha value is -2.92. The van der Waals surface area contributed by atoms with Gasteiger partial charge in [0.25, 0.3) is 5.91 Å². The van der Waals surface area contributed by atoms with Crippen LogP contribution in [0.1, 0.15) is 40.4 Å². The summed E-state index contributed by atoms with van der Waals surface area (Å²) in [5.74, 6) is 1.35. The molecule has 2 aliphatic heterocycles. The summed E-state index contributed by atoms with van der Waals surface area (Å²) >= 11 is 0. The van der Waals surface area contributed by atoms with Crippen LogP contribution in [0, 0.1) is 17.7 Å². The highest BCUT2D eigenvalue weighted by molar-refractivity contribution is 5.91. The van der Waals surface area contributed by atoms with Gasteiger partial charge in [0.2, 0.25) is 0 Å². The second-order valence-corrected chi connectivity index (χ2v) is 9.54. The summed E-state index contributed by atoms with van der Waals surface area (Å²) in [6.45, 7) is 4.49. The predicted octanol–water partition coefficient (Wildman–Crippen LogP) is 5.23. The summed E-state index contributed by atoms with van der Waals surface area (Å²) in [6, 6.07) is 21.0. The van der Waals surface area contributed by atoms with Crippen molar-refractivity contribution >= 4 is 5.91 Å². The molecule has 0 N–H and O–H groups in total. The number of piperidine rings is 1. The first-order valence-electron chi connectivity index (χ1n) is 12.0. The Bertz CT molecular complexity index is 1030. The predicted molar refractivity (Wildman–Crippen MR) is 127 cm³/mol. The van der Waals surface area contributed by atoms with Crippen LogP contribution in [0.2, 0.25) is 0 Å². The van der Waals surface area contributed by atoms with Crippen molar-refractivity contribution in [3.05, 3.63) is 95.7 Å². The first-order valence-corrected chi connectivity index (χ1v) is 12.0. The van der Waals surface area contributed by atoms with Crippen LogP contribution in [0.4, 0.5) is 4.39 Å². The van der Waals surface area contributed by atoms with Crippen molar-refractivity contribution in [2.75, 3.05) is 32.7 Å². The van der Waals surface area contributed by atoms with E-state index in [-0.39, 0.29) is 17.6 Å². The third-order valence-corrected chi connectivity index (χ3v) is 7.33. The number of carbonyl (C=O) groups excluding carboxylic acids is 1. The SMILES string of the molecule is O=C(c1ccco1)N1C[C@H](CN2CCC(Cc3ccccc3)CC2)[C@@H](c2ccc(F)cc2)C1. The number of furan rings is 1. The Morgan fingerprint density at radius 1 is 0.939 bits per heavy atom. The lowest BCUT2D eigenvalue weighted by atomic mass is 9.86. The van der Waals surface area contributed by atoms with Crippen LogP contribution in [0.5, 0.6) is 0 Å². The molecule has 2 fully saturated rings. The molecule has 4 nitrogen and oxygen atoms in total. The maximum atomic E-state index is 13.5. The molecule has 5 rings (SSSR count). The minimum absolute atomic E-state index is 0.0591. The van der Waals surface area contributed by atoms with Gasteiger partial charge < -0.3 is 14.2 Å². The van der Waals surface area contributed by atoms with Crippen LogP contribution in [0.25, 0.3) is 0 Å². The Morgan fingerprint density at radius 2 is 1.70 bits per heavy atom. The minimum Gasteiger partial charge on any atom is -0.459 e. The molecule has 5 heteroatoms. The van der Waals surface area contributed by atoms with Gasteiger partial charge in [-0.2, -0.15) is 0 Å². The van der Waals surface area contributed by atoms with Crippen LogP contribution in [-0.4, -0.2) is 48.4 Å². The second kappa shape index (κ2) is 9.92. The molecule has 1 amide bonds. The first-order chi connectivity index (χ1) is 16.2. The maximum Gasteiger partial charge on any atom is 0.289 e. The van der Waals surface area contributed by atoms with E-state index < -0.39 is 0 Å². The van der Waals surface area contributed by atoms with E-state index in [1.54, 1.807) is 12.1 Å². The number of amides is 1. The number of hydrogen-bond donors (Lipinski definition) is 0. The fourth-order valence-corrected chi connectivity index (χ4v) is 5.52. The molecule has 3 heterocycles. The summed E-state index contributed by atoms with van der Waals surface area (Å²) in [5, 5.41) is 0. The standard InChI is InChI=1S/C28H31FN2O2/c29-25-10-8-23(9-11-25)26-20-31(28(32)27-7-4-16-33-27)19-24(26)18-30-14-12-22(13-15-30)17-21-5-2-1-3-6-21/h1-11,16,22,24,26H,12-15,17-20H2/t24-,26+/m0/s1. The molecule has 1 aromatic heterocycles. The van der Waals surface area contributed by atoms with Crippen molar-refractivity contribution in [2.45, 2.75) is 25.2 Å². The van der Waals surface area contributed by atoms with Gasteiger partial charge >= 0.3 is 0 Å². The molecule has 0 unspecified atom stereocenters. The van der Waals surface area contributed by atoms with Gasteiger partial charge in [-0.15, -0.1) is 0 Å². The number of hydrogen-bond acceptors (Lipinski definition) is 3. The molecular weight excluding hydrogens is 415 g/mol. The number of halogens is 1. The molecule has 0 bridgehead atoms. The number of benzene rings is 2. The molecule has 0 spiro atoms. The average molecular weight is 447 g/mol. The molecule has 2 aliphatic rings. The molecule has 3 aromatic rings. The number of likely N-dealkylation sites (tertiary alicyclic amines) is 2. The lowest BCUT2D eigenvalue weighted by Crippen LogP contribution is -2.39. The zero-order chi connectivity index (χ0) is 22.6. The van der Waals surface area contributed by atoms with Crippen LogP contribution in [-0.2, 0) is 6.42 Å². The molecule has 2 atom stereocenters. The fraction of sp³-hybridized carbons (Fsp3) is 0.393. The van der Waals surface area contributed by atoms with E-state index in [9.17, 15) is 9.18 Å². The summed E-state index contributed by atoms with van der Waals surface area (Å²) in [7, 11) is 0. The minimum atomic E-state index is -0.225. The monoisotopic (exact) mass is 446 g/mol. The molecule has 0 radical (unpaired) electrons. The summed E-state index contributed by atoms with van der Waals surface area (Å²) in [5.41, 5.74) is 2.53. The van der Waals surface area contributed by atoms with Crippen molar-refractivity contribution in [1.29, 1.82) is 0 Å². The Labute approximate surface area is 195 Å². The van der Waals surface area contributed by atoms with Crippen molar-refractivity contribution in [2.24, 2.45) is 11.8 Å².